The molecular formula is C17H20N6O3. The number of methoxy groups -OCH3 is 1. The van der Waals surface area contributed by atoms with Gasteiger partial charge >= 0.3 is 5.69 Å². The minimum Gasteiger partial charge on any atom is -0.379 e. The normalized spacial score (nSPS) is 20.2. The summed E-state index contributed by atoms with van der Waals surface area (Å²) in [7, 11) is 3.44. The summed E-state index contributed by atoms with van der Waals surface area (Å²) in [6, 6.07) is 7.33. The average Bonchev–Trinajstić information content (AvgIpc) is 3.32. The molecule has 0 saturated carbocycles. The molecule has 1 amide bonds. The Bertz CT molecular complexity index is 1000. The van der Waals surface area contributed by atoms with Crippen LogP contribution in [0.5, 0.6) is 0 Å². The van der Waals surface area contributed by atoms with Crippen LogP contribution in [0, 0.1) is 0 Å². The third kappa shape index (κ3) is 2.80. The van der Waals surface area contributed by atoms with Crippen LogP contribution in [0.1, 0.15) is 11.6 Å². The van der Waals surface area contributed by atoms with E-state index >= 15 is 0 Å². The van der Waals surface area contributed by atoms with Gasteiger partial charge in [0.05, 0.1) is 28.7 Å². The predicted molar refractivity (Wildman–Crippen MR) is 93.7 cm³/mol. The summed E-state index contributed by atoms with van der Waals surface area (Å²) in [6.45, 7) is 0.952. The van der Waals surface area contributed by atoms with Crippen LogP contribution >= 0.6 is 0 Å². The number of ether oxygens (including phenoxy) is 1. The van der Waals surface area contributed by atoms with Gasteiger partial charge in [0.1, 0.15) is 6.54 Å². The van der Waals surface area contributed by atoms with Gasteiger partial charge in [-0.1, -0.05) is 17.3 Å². The van der Waals surface area contributed by atoms with E-state index in [1.807, 2.05) is 30.5 Å². The van der Waals surface area contributed by atoms with E-state index in [9.17, 15) is 9.59 Å². The maximum Gasteiger partial charge on any atom is 0.326 e. The van der Waals surface area contributed by atoms with Crippen molar-refractivity contribution in [3.05, 3.63) is 46.6 Å². The summed E-state index contributed by atoms with van der Waals surface area (Å²) >= 11 is 0. The Morgan fingerprint density at radius 2 is 2.15 bits per heavy atom. The fourth-order valence-electron chi connectivity index (χ4n) is 3.53. The highest BCUT2D eigenvalue weighted by molar-refractivity contribution is 5.80. The molecule has 1 N–H and O–H groups in total. The van der Waals surface area contributed by atoms with Gasteiger partial charge in [0, 0.05) is 33.4 Å². The quantitative estimate of drug-likeness (QED) is 0.715. The lowest BCUT2D eigenvalue weighted by molar-refractivity contribution is -0.131. The minimum atomic E-state index is -0.285. The Balaban J connectivity index is 1.55. The van der Waals surface area contributed by atoms with Crippen LogP contribution in [0.15, 0.2) is 35.3 Å². The van der Waals surface area contributed by atoms with Crippen molar-refractivity contribution in [2.45, 2.75) is 18.6 Å². The number of rotatable bonds is 4. The SMILES string of the molecule is CO[C@@H]1CN(C(=O)Cn2c(=O)[nH]c3ccccc32)C[C@H]1c1cn(C)nn1. The molecule has 9 heteroatoms. The van der Waals surface area contributed by atoms with Crippen molar-refractivity contribution in [2.75, 3.05) is 20.2 Å². The molecule has 1 aromatic carbocycles. The summed E-state index contributed by atoms with van der Waals surface area (Å²) in [5, 5.41) is 8.12. The van der Waals surface area contributed by atoms with Gasteiger partial charge in [-0.3, -0.25) is 14.0 Å². The van der Waals surface area contributed by atoms with E-state index in [0.717, 1.165) is 16.7 Å². The summed E-state index contributed by atoms with van der Waals surface area (Å²) < 4.78 is 8.66. The molecular weight excluding hydrogens is 336 g/mol. The first-order chi connectivity index (χ1) is 12.6. The van der Waals surface area contributed by atoms with Gasteiger partial charge < -0.3 is 14.6 Å². The molecule has 2 atom stereocenters. The van der Waals surface area contributed by atoms with Gasteiger partial charge in [0.25, 0.3) is 0 Å². The van der Waals surface area contributed by atoms with Crippen molar-refractivity contribution in [1.29, 1.82) is 0 Å². The van der Waals surface area contributed by atoms with E-state index in [1.165, 1.54) is 4.57 Å². The van der Waals surface area contributed by atoms with Crippen LogP contribution in [-0.2, 0) is 23.1 Å². The van der Waals surface area contributed by atoms with Crippen molar-refractivity contribution >= 4 is 16.9 Å². The lowest BCUT2D eigenvalue weighted by Gasteiger charge is -2.16. The number of aryl methyl sites for hydroxylation is 1. The zero-order valence-corrected chi connectivity index (χ0v) is 14.6. The maximum absolute atomic E-state index is 12.8. The second-order valence-corrected chi connectivity index (χ2v) is 6.53. The number of H-pyrrole nitrogens is 1. The van der Waals surface area contributed by atoms with Crippen LogP contribution in [-0.4, -0.2) is 61.7 Å². The monoisotopic (exact) mass is 356 g/mol. The topological polar surface area (TPSA) is 98.0 Å². The van der Waals surface area contributed by atoms with E-state index in [2.05, 4.69) is 15.3 Å². The number of hydrogen-bond acceptors (Lipinski definition) is 5. The van der Waals surface area contributed by atoms with E-state index < -0.39 is 0 Å². The minimum absolute atomic E-state index is 0.00747. The van der Waals surface area contributed by atoms with E-state index in [1.54, 1.807) is 23.7 Å². The number of hydrogen-bond donors (Lipinski definition) is 1. The third-order valence-corrected chi connectivity index (χ3v) is 4.90. The van der Waals surface area contributed by atoms with Crippen LogP contribution in [0.4, 0.5) is 0 Å². The molecule has 0 unspecified atom stereocenters. The first-order valence-electron chi connectivity index (χ1n) is 8.41. The van der Waals surface area contributed by atoms with Crippen molar-refractivity contribution in [2.24, 2.45) is 7.05 Å². The van der Waals surface area contributed by atoms with Crippen LogP contribution in [0.2, 0.25) is 0 Å². The van der Waals surface area contributed by atoms with E-state index in [0.29, 0.717) is 13.1 Å². The molecule has 3 aromatic rings. The van der Waals surface area contributed by atoms with Gasteiger partial charge in [-0.05, 0) is 12.1 Å². The molecule has 1 aliphatic heterocycles. The van der Waals surface area contributed by atoms with Gasteiger partial charge in [-0.25, -0.2) is 4.79 Å². The molecule has 0 bridgehead atoms. The van der Waals surface area contributed by atoms with Gasteiger partial charge in [-0.2, -0.15) is 0 Å². The molecule has 1 aliphatic rings. The highest BCUT2D eigenvalue weighted by Gasteiger charge is 2.38. The largest absolute Gasteiger partial charge is 0.379 e. The highest BCUT2D eigenvalue weighted by atomic mass is 16.5. The Kier molecular flexibility index (Phi) is 4.08. The number of imidazole rings is 1. The second-order valence-electron chi connectivity index (χ2n) is 6.53. The lowest BCUT2D eigenvalue weighted by Crippen LogP contribution is -2.35. The number of amides is 1. The molecule has 3 heterocycles. The Morgan fingerprint density at radius 3 is 2.88 bits per heavy atom. The van der Waals surface area contributed by atoms with Crippen LogP contribution < -0.4 is 5.69 Å². The summed E-state index contributed by atoms with van der Waals surface area (Å²) in [4.78, 5) is 29.5. The van der Waals surface area contributed by atoms with Gasteiger partial charge in [0.2, 0.25) is 5.91 Å². The average molecular weight is 356 g/mol. The fourth-order valence-corrected chi connectivity index (χ4v) is 3.53. The predicted octanol–water partition coefficient (Wildman–Crippen LogP) is 0.0991. The zero-order chi connectivity index (χ0) is 18.3. The lowest BCUT2D eigenvalue weighted by atomic mass is 10.0. The number of fused-ring (bicyclic) bond motifs is 1. The number of para-hydroxylation sites is 2. The molecule has 1 fully saturated rings. The molecule has 4 rings (SSSR count). The second kappa shape index (κ2) is 6.41. The third-order valence-electron chi connectivity index (χ3n) is 4.90. The number of aromatic amines is 1. The van der Waals surface area contributed by atoms with Gasteiger partial charge in [-0.15, -0.1) is 5.10 Å². The molecule has 136 valence electrons. The first-order valence-corrected chi connectivity index (χ1v) is 8.41. The summed E-state index contributed by atoms with van der Waals surface area (Å²) in [6.07, 6.45) is 1.70. The van der Waals surface area contributed by atoms with Crippen molar-refractivity contribution < 1.29 is 9.53 Å². The molecule has 26 heavy (non-hydrogen) atoms. The molecule has 1 saturated heterocycles. The molecule has 0 radical (unpaired) electrons. The highest BCUT2D eigenvalue weighted by Crippen LogP contribution is 2.28. The number of carbonyl (C=O) groups excluding carboxylic acids is 1. The summed E-state index contributed by atoms with van der Waals surface area (Å²) in [5.74, 6) is -0.150. The fraction of sp³-hybridized carbons (Fsp3) is 0.412. The number of likely N-dealkylation sites (tertiary alicyclic amines) is 1. The van der Waals surface area contributed by atoms with Crippen molar-refractivity contribution in [3.8, 4) is 0 Å². The van der Waals surface area contributed by atoms with Crippen molar-refractivity contribution in [1.82, 2.24) is 29.4 Å². The number of nitrogens with zero attached hydrogens (tertiary/aromatic N) is 5. The van der Waals surface area contributed by atoms with Crippen molar-refractivity contribution in [3.63, 3.8) is 0 Å². The molecule has 9 nitrogen and oxygen atoms in total. The molecule has 2 aromatic heterocycles. The zero-order valence-electron chi connectivity index (χ0n) is 14.6. The summed E-state index contributed by atoms with van der Waals surface area (Å²) in [5.41, 5.74) is 1.96. The first kappa shape index (κ1) is 16.5. The van der Waals surface area contributed by atoms with E-state index in [-0.39, 0.29) is 30.2 Å². The molecule has 0 aliphatic carbocycles. The van der Waals surface area contributed by atoms with Crippen LogP contribution in [0.25, 0.3) is 11.0 Å². The number of benzene rings is 1. The van der Waals surface area contributed by atoms with E-state index in [4.69, 9.17) is 4.74 Å². The maximum atomic E-state index is 12.8. The molecule has 0 spiro atoms. The Morgan fingerprint density at radius 1 is 1.35 bits per heavy atom. The standard InChI is InChI=1S/C17H20N6O3/c1-21-8-13(19-20-21)11-7-22(9-15(11)26-2)16(24)10-23-14-6-4-3-5-12(14)18-17(23)25/h3-6,8,11,15H,7,9-10H2,1-2H3,(H,18,25)/t11-,15+/m0/s1. The van der Waals surface area contributed by atoms with Crippen LogP contribution in [0.3, 0.4) is 0 Å². The number of carbonyl (C=O) groups is 1. The van der Waals surface area contributed by atoms with Gasteiger partial charge in [0.15, 0.2) is 0 Å². The Hall–Kier alpha value is -2.94. The number of aromatic nitrogens is 5. The number of nitrogens with one attached hydrogen (secondary N) is 1. The Labute approximate surface area is 149 Å². The smallest absolute Gasteiger partial charge is 0.326 e.